The number of amides is 1. The first-order valence-electron chi connectivity index (χ1n) is 7.31. The molecule has 0 unspecified atom stereocenters. The Morgan fingerprint density at radius 1 is 1.55 bits per heavy atom. The molecule has 1 saturated heterocycles. The summed E-state index contributed by atoms with van der Waals surface area (Å²) in [5, 5.41) is 2.59. The van der Waals surface area contributed by atoms with Crippen LogP contribution in [-0.2, 0) is 16.1 Å². The lowest BCUT2D eigenvalue weighted by Gasteiger charge is -2.13. The summed E-state index contributed by atoms with van der Waals surface area (Å²) < 4.78 is 16.2. The molecule has 1 atom stereocenters. The van der Waals surface area contributed by atoms with Crippen molar-refractivity contribution >= 4 is 17.5 Å². The van der Waals surface area contributed by atoms with E-state index in [9.17, 15) is 4.79 Å². The predicted octanol–water partition coefficient (Wildman–Crippen LogP) is 0.455. The van der Waals surface area contributed by atoms with Gasteiger partial charge in [-0.25, -0.2) is 0 Å². The van der Waals surface area contributed by atoms with Crippen LogP contribution in [0.5, 0.6) is 11.5 Å². The summed E-state index contributed by atoms with van der Waals surface area (Å²) in [4.78, 5) is 10.8. The van der Waals surface area contributed by atoms with Gasteiger partial charge in [-0.15, -0.1) is 0 Å². The van der Waals surface area contributed by atoms with Crippen molar-refractivity contribution in [1.29, 1.82) is 0 Å². The van der Waals surface area contributed by atoms with Crippen LogP contribution in [-0.4, -0.2) is 38.9 Å². The molecule has 22 heavy (non-hydrogen) atoms. The third-order valence-corrected chi connectivity index (χ3v) is 3.76. The Balaban J connectivity index is 1.96. The minimum atomic E-state index is -0.563. The van der Waals surface area contributed by atoms with E-state index in [1.807, 2.05) is 12.1 Å². The van der Waals surface area contributed by atoms with Gasteiger partial charge in [0.15, 0.2) is 18.1 Å². The number of methoxy groups -OCH3 is 1. The average molecular weight is 330 g/mol. The predicted molar refractivity (Wildman–Crippen MR) is 82.2 cm³/mol. The van der Waals surface area contributed by atoms with Gasteiger partial charge in [-0.3, -0.25) is 4.79 Å². The normalized spacial score (nSPS) is 17.5. The summed E-state index contributed by atoms with van der Waals surface area (Å²) in [6.07, 6.45) is 2.61. The fraction of sp³-hybridized carbons (Fsp3) is 0.533. The highest BCUT2D eigenvalue weighted by molar-refractivity contribution is 6.32. The van der Waals surface area contributed by atoms with E-state index >= 15 is 0 Å². The first kappa shape index (κ1) is 16.9. The zero-order valence-corrected chi connectivity index (χ0v) is 13.4. The van der Waals surface area contributed by atoms with E-state index in [1.165, 1.54) is 7.11 Å². The number of quaternary nitrogens is 1. The molecular weight excluding hydrogens is 308 g/mol. The third kappa shape index (κ3) is 4.76. The number of primary amides is 1. The molecule has 0 aliphatic carbocycles. The van der Waals surface area contributed by atoms with E-state index in [4.69, 9.17) is 31.5 Å². The molecule has 0 bridgehead atoms. The third-order valence-electron chi connectivity index (χ3n) is 3.48. The van der Waals surface area contributed by atoms with Gasteiger partial charge in [0.2, 0.25) is 0 Å². The smallest absolute Gasteiger partial charge is 0.255 e. The van der Waals surface area contributed by atoms with Crippen LogP contribution in [0.2, 0.25) is 5.02 Å². The van der Waals surface area contributed by atoms with E-state index < -0.39 is 5.91 Å². The monoisotopic (exact) mass is 329 g/mol. The van der Waals surface area contributed by atoms with Gasteiger partial charge in [-0.1, -0.05) is 11.6 Å². The summed E-state index contributed by atoms with van der Waals surface area (Å²) in [6.45, 7) is 2.33. The molecule has 2 rings (SSSR count). The van der Waals surface area contributed by atoms with Crippen molar-refractivity contribution in [3.8, 4) is 11.5 Å². The molecule has 1 aliphatic rings. The zero-order valence-electron chi connectivity index (χ0n) is 12.6. The van der Waals surface area contributed by atoms with E-state index in [0.29, 0.717) is 22.6 Å². The number of hydrogen-bond acceptors (Lipinski definition) is 4. The number of hydrogen-bond donors (Lipinski definition) is 2. The lowest BCUT2D eigenvalue weighted by atomic mass is 10.2. The van der Waals surface area contributed by atoms with E-state index in [-0.39, 0.29) is 6.61 Å². The first-order valence-corrected chi connectivity index (χ1v) is 7.68. The van der Waals surface area contributed by atoms with Gasteiger partial charge in [-0.05, 0) is 25.0 Å². The van der Waals surface area contributed by atoms with Gasteiger partial charge in [0.25, 0.3) is 5.91 Å². The molecule has 1 aromatic carbocycles. The Bertz CT molecular complexity index is 519. The summed E-state index contributed by atoms with van der Waals surface area (Å²) in [5.41, 5.74) is 6.09. The Hall–Kier alpha value is -1.50. The lowest BCUT2D eigenvalue weighted by molar-refractivity contribution is -0.676. The largest absolute Gasteiger partial charge is 0.493 e. The van der Waals surface area contributed by atoms with E-state index in [0.717, 1.165) is 38.1 Å². The second-order valence-electron chi connectivity index (χ2n) is 5.23. The Morgan fingerprint density at radius 3 is 3.00 bits per heavy atom. The molecule has 0 radical (unpaired) electrons. The molecule has 0 aromatic heterocycles. The summed E-state index contributed by atoms with van der Waals surface area (Å²) in [5.74, 6) is 0.271. The number of rotatable bonds is 8. The van der Waals surface area contributed by atoms with Gasteiger partial charge in [0.05, 0.1) is 12.1 Å². The van der Waals surface area contributed by atoms with Crippen molar-refractivity contribution in [3.63, 3.8) is 0 Å². The van der Waals surface area contributed by atoms with Gasteiger partial charge in [-0.2, -0.15) is 0 Å². The van der Waals surface area contributed by atoms with Gasteiger partial charge >= 0.3 is 0 Å². The molecular formula is C15H22ClN2O4+. The second-order valence-corrected chi connectivity index (χ2v) is 5.63. The van der Waals surface area contributed by atoms with Crippen molar-refractivity contribution in [3.05, 3.63) is 22.7 Å². The molecule has 1 amide bonds. The highest BCUT2D eigenvalue weighted by Gasteiger charge is 2.18. The number of carbonyl (C=O) groups is 1. The maximum absolute atomic E-state index is 10.8. The lowest BCUT2D eigenvalue weighted by Crippen LogP contribution is -2.84. The molecule has 0 saturated carbocycles. The molecule has 1 aliphatic heterocycles. The first-order chi connectivity index (χ1) is 10.6. The van der Waals surface area contributed by atoms with Crippen LogP contribution in [0.1, 0.15) is 18.4 Å². The van der Waals surface area contributed by atoms with Crippen LogP contribution >= 0.6 is 11.6 Å². The maximum atomic E-state index is 10.8. The molecule has 1 aromatic rings. The number of halogens is 1. The van der Waals surface area contributed by atoms with Crippen LogP contribution in [0.15, 0.2) is 12.1 Å². The summed E-state index contributed by atoms with van der Waals surface area (Å²) >= 11 is 6.21. The van der Waals surface area contributed by atoms with E-state index in [1.54, 1.807) is 0 Å². The number of benzene rings is 1. The van der Waals surface area contributed by atoms with Crippen molar-refractivity contribution in [1.82, 2.24) is 0 Å². The van der Waals surface area contributed by atoms with Crippen LogP contribution in [0.3, 0.4) is 0 Å². The van der Waals surface area contributed by atoms with Crippen LogP contribution in [0.4, 0.5) is 0 Å². The number of nitrogens with two attached hydrogens (primary N) is 2. The molecule has 7 heteroatoms. The Labute approximate surface area is 134 Å². The quantitative estimate of drug-likeness (QED) is 0.725. The molecule has 6 nitrogen and oxygen atoms in total. The van der Waals surface area contributed by atoms with Crippen LogP contribution < -0.4 is 20.5 Å². The van der Waals surface area contributed by atoms with Crippen LogP contribution in [0.25, 0.3) is 0 Å². The second kappa shape index (κ2) is 8.22. The Kier molecular flexibility index (Phi) is 6.30. The SMILES string of the molecule is COc1cc(C[NH2+]C[C@H]2CCCO2)cc(Cl)c1OCC(N)=O. The molecule has 122 valence electrons. The molecule has 1 heterocycles. The Morgan fingerprint density at radius 2 is 2.36 bits per heavy atom. The summed E-state index contributed by atoms with van der Waals surface area (Å²) in [6, 6.07) is 3.67. The molecule has 0 spiro atoms. The maximum Gasteiger partial charge on any atom is 0.255 e. The summed E-state index contributed by atoms with van der Waals surface area (Å²) in [7, 11) is 1.53. The minimum absolute atomic E-state index is 0.236. The average Bonchev–Trinajstić information content (AvgIpc) is 2.98. The van der Waals surface area contributed by atoms with E-state index in [2.05, 4.69) is 5.32 Å². The fourth-order valence-corrected chi connectivity index (χ4v) is 2.73. The number of ether oxygens (including phenoxy) is 3. The van der Waals surface area contributed by atoms with Gasteiger partial charge in [0, 0.05) is 12.2 Å². The topological polar surface area (TPSA) is 87.4 Å². The zero-order chi connectivity index (χ0) is 15.9. The molecule has 4 N–H and O–H groups in total. The van der Waals surface area contributed by atoms with Crippen molar-refractivity contribution in [2.75, 3.05) is 26.9 Å². The minimum Gasteiger partial charge on any atom is -0.493 e. The fourth-order valence-electron chi connectivity index (χ4n) is 2.44. The highest BCUT2D eigenvalue weighted by Crippen LogP contribution is 2.36. The number of carbonyl (C=O) groups excluding carboxylic acids is 1. The standard InChI is InChI=1S/C15H21ClN2O4/c1-20-13-6-10(7-18-8-11-3-2-4-21-11)5-12(16)15(13)22-9-14(17)19/h5-6,11,18H,2-4,7-9H2,1H3,(H2,17,19)/p+1/t11-/m1/s1. The highest BCUT2D eigenvalue weighted by atomic mass is 35.5. The van der Waals surface area contributed by atoms with Gasteiger partial charge in [0.1, 0.15) is 19.2 Å². The molecule has 1 fully saturated rings. The van der Waals surface area contributed by atoms with Crippen molar-refractivity contribution < 1.29 is 24.3 Å². The van der Waals surface area contributed by atoms with Gasteiger partial charge < -0.3 is 25.3 Å². The van der Waals surface area contributed by atoms with Crippen LogP contribution in [0, 0.1) is 0 Å². The van der Waals surface area contributed by atoms with Crippen molar-refractivity contribution in [2.45, 2.75) is 25.5 Å². The van der Waals surface area contributed by atoms with Crippen molar-refractivity contribution in [2.24, 2.45) is 5.73 Å².